The smallest absolute Gasteiger partial charge is 0.338 e. The summed E-state index contributed by atoms with van der Waals surface area (Å²) in [5.74, 6) is -1.50. The molecule has 0 aromatic heterocycles. The molecule has 3 aromatic rings. The molecule has 1 N–H and O–H groups in total. The third kappa shape index (κ3) is 6.61. The molecule has 0 spiro atoms. The highest BCUT2D eigenvalue weighted by Gasteiger charge is 2.09. The number of hydrogen-bond donors (Lipinski definition) is 1. The summed E-state index contributed by atoms with van der Waals surface area (Å²) in [5, 5.41) is 8.75. The van der Waals surface area contributed by atoms with Crippen molar-refractivity contribution in [3.05, 3.63) is 102 Å². The minimum Gasteiger partial charge on any atom is -0.478 e. The van der Waals surface area contributed by atoms with Crippen molar-refractivity contribution in [2.45, 2.75) is 6.61 Å². The standard InChI is InChI=1S/C15H12O4.C8H11N/c16-14(17)12-6-8-13(9-7-12)15(18)19-10-11-4-2-1-3-5-11;1-9(2)8-6-4-3-5-7-8/h1-9H,10H2,(H,16,17);3-7H,1-2H3. The summed E-state index contributed by atoms with van der Waals surface area (Å²) >= 11 is 0. The number of carbonyl (C=O) groups excluding carboxylic acids is 1. The van der Waals surface area contributed by atoms with Crippen LogP contribution in [0.1, 0.15) is 26.3 Å². The fraction of sp³-hybridized carbons (Fsp3) is 0.130. The molecule has 5 heteroatoms. The number of carboxylic acids is 1. The Morgan fingerprint density at radius 1 is 0.786 bits per heavy atom. The lowest BCUT2D eigenvalue weighted by atomic mass is 10.1. The van der Waals surface area contributed by atoms with Crippen molar-refractivity contribution >= 4 is 17.6 Å². The van der Waals surface area contributed by atoms with E-state index in [-0.39, 0.29) is 12.2 Å². The summed E-state index contributed by atoms with van der Waals surface area (Å²) in [6, 6.07) is 25.2. The van der Waals surface area contributed by atoms with Crippen molar-refractivity contribution in [1.29, 1.82) is 0 Å². The number of carbonyl (C=O) groups is 2. The average Bonchev–Trinajstić information content (AvgIpc) is 2.74. The topological polar surface area (TPSA) is 66.8 Å². The van der Waals surface area contributed by atoms with E-state index in [1.165, 1.54) is 30.0 Å². The molecule has 0 amide bonds. The largest absolute Gasteiger partial charge is 0.478 e. The van der Waals surface area contributed by atoms with Crippen molar-refractivity contribution in [2.24, 2.45) is 0 Å². The minimum absolute atomic E-state index is 0.139. The Labute approximate surface area is 164 Å². The molecule has 0 atom stereocenters. The van der Waals surface area contributed by atoms with Crippen LogP contribution in [0.3, 0.4) is 0 Å². The van der Waals surface area contributed by atoms with Crippen LogP contribution in [0, 0.1) is 0 Å². The Hall–Kier alpha value is -3.60. The quantitative estimate of drug-likeness (QED) is 0.664. The predicted molar refractivity (Wildman–Crippen MR) is 110 cm³/mol. The second-order valence-electron chi connectivity index (χ2n) is 6.17. The number of hydrogen-bond acceptors (Lipinski definition) is 4. The van der Waals surface area contributed by atoms with E-state index in [1.54, 1.807) is 0 Å². The van der Waals surface area contributed by atoms with Gasteiger partial charge in [-0.25, -0.2) is 9.59 Å². The Kier molecular flexibility index (Phi) is 7.78. The fourth-order valence-electron chi connectivity index (χ4n) is 2.28. The normalized spacial score (nSPS) is 9.64. The molecule has 28 heavy (non-hydrogen) atoms. The van der Waals surface area contributed by atoms with Crippen molar-refractivity contribution in [3.63, 3.8) is 0 Å². The van der Waals surface area contributed by atoms with Gasteiger partial charge in [-0.2, -0.15) is 0 Å². The van der Waals surface area contributed by atoms with Crippen LogP contribution in [0.4, 0.5) is 5.69 Å². The zero-order valence-electron chi connectivity index (χ0n) is 15.9. The van der Waals surface area contributed by atoms with Crippen molar-refractivity contribution < 1.29 is 19.4 Å². The lowest BCUT2D eigenvalue weighted by molar-refractivity contribution is 0.0472. The maximum absolute atomic E-state index is 11.7. The first kappa shape index (κ1) is 20.7. The number of esters is 1. The second-order valence-corrected chi connectivity index (χ2v) is 6.17. The highest BCUT2D eigenvalue weighted by atomic mass is 16.5. The molecule has 3 aromatic carbocycles. The number of rotatable bonds is 5. The summed E-state index contributed by atoms with van der Waals surface area (Å²) in [6.45, 7) is 0.195. The Balaban J connectivity index is 0.000000261. The molecule has 3 rings (SSSR count). The van der Waals surface area contributed by atoms with Crippen molar-refractivity contribution in [2.75, 3.05) is 19.0 Å². The van der Waals surface area contributed by atoms with Gasteiger partial charge < -0.3 is 14.7 Å². The summed E-state index contributed by atoms with van der Waals surface area (Å²) in [7, 11) is 4.07. The first-order valence-electron chi connectivity index (χ1n) is 8.74. The van der Waals surface area contributed by atoms with E-state index in [0.717, 1.165) is 5.56 Å². The van der Waals surface area contributed by atoms with Crippen molar-refractivity contribution in [1.82, 2.24) is 0 Å². The van der Waals surface area contributed by atoms with E-state index >= 15 is 0 Å². The molecule has 0 saturated carbocycles. The maximum Gasteiger partial charge on any atom is 0.338 e. The molecule has 0 unspecified atom stereocenters. The zero-order valence-corrected chi connectivity index (χ0v) is 15.9. The van der Waals surface area contributed by atoms with Crippen LogP contribution in [0.25, 0.3) is 0 Å². The van der Waals surface area contributed by atoms with Crippen LogP contribution in [0.5, 0.6) is 0 Å². The van der Waals surface area contributed by atoms with Crippen LogP contribution in [-0.2, 0) is 11.3 Å². The van der Waals surface area contributed by atoms with Gasteiger partial charge in [-0.1, -0.05) is 48.5 Å². The van der Waals surface area contributed by atoms with Gasteiger partial charge in [0.1, 0.15) is 6.61 Å². The van der Waals surface area contributed by atoms with E-state index in [0.29, 0.717) is 5.56 Å². The Morgan fingerprint density at radius 2 is 1.29 bits per heavy atom. The van der Waals surface area contributed by atoms with E-state index in [1.807, 2.05) is 62.6 Å². The molecule has 0 fully saturated rings. The number of ether oxygens (including phenoxy) is 1. The molecule has 144 valence electrons. The molecular formula is C23H23NO4. The number of carboxylic acid groups (broad SMARTS) is 1. The van der Waals surface area contributed by atoms with Crippen LogP contribution in [0.2, 0.25) is 0 Å². The number of aromatic carboxylic acids is 1. The first-order valence-corrected chi connectivity index (χ1v) is 8.74. The summed E-state index contributed by atoms with van der Waals surface area (Å²) in [5.41, 5.74) is 2.62. The maximum atomic E-state index is 11.7. The van der Waals surface area contributed by atoms with Gasteiger partial charge in [-0.3, -0.25) is 0 Å². The molecule has 0 saturated heterocycles. The lowest BCUT2D eigenvalue weighted by Gasteiger charge is -2.10. The van der Waals surface area contributed by atoms with Crippen molar-refractivity contribution in [3.8, 4) is 0 Å². The molecule has 0 radical (unpaired) electrons. The number of para-hydroxylation sites is 1. The number of benzene rings is 3. The third-order valence-corrected chi connectivity index (χ3v) is 3.85. The number of nitrogens with zero attached hydrogens (tertiary/aromatic N) is 1. The third-order valence-electron chi connectivity index (χ3n) is 3.85. The molecule has 0 heterocycles. The molecule has 0 aliphatic carbocycles. The lowest BCUT2D eigenvalue weighted by Crippen LogP contribution is -2.07. The van der Waals surface area contributed by atoms with Gasteiger partial charge in [0, 0.05) is 19.8 Å². The van der Waals surface area contributed by atoms with E-state index in [9.17, 15) is 9.59 Å². The monoisotopic (exact) mass is 377 g/mol. The highest BCUT2D eigenvalue weighted by molar-refractivity contribution is 5.92. The molecule has 5 nitrogen and oxygen atoms in total. The number of anilines is 1. The van der Waals surface area contributed by atoms with Crippen LogP contribution >= 0.6 is 0 Å². The molecule has 0 aliphatic rings. The Morgan fingerprint density at radius 3 is 1.75 bits per heavy atom. The molecular weight excluding hydrogens is 354 g/mol. The van der Waals surface area contributed by atoms with E-state index in [4.69, 9.17) is 9.84 Å². The van der Waals surface area contributed by atoms with Crippen LogP contribution in [-0.4, -0.2) is 31.1 Å². The first-order chi connectivity index (χ1) is 13.5. The van der Waals surface area contributed by atoms with Crippen LogP contribution in [0.15, 0.2) is 84.9 Å². The summed E-state index contributed by atoms with van der Waals surface area (Å²) in [4.78, 5) is 24.5. The SMILES string of the molecule is CN(C)c1ccccc1.O=C(O)c1ccc(C(=O)OCc2ccccc2)cc1. The minimum atomic E-state index is -1.02. The van der Waals surface area contributed by atoms with Gasteiger partial charge >= 0.3 is 11.9 Å². The summed E-state index contributed by atoms with van der Waals surface area (Å²) < 4.78 is 5.13. The highest BCUT2D eigenvalue weighted by Crippen LogP contribution is 2.09. The van der Waals surface area contributed by atoms with Gasteiger partial charge in [-0.15, -0.1) is 0 Å². The van der Waals surface area contributed by atoms with Crippen LogP contribution < -0.4 is 4.90 Å². The Bertz CT molecular complexity index is 875. The van der Waals surface area contributed by atoms with Gasteiger partial charge in [0.2, 0.25) is 0 Å². The fourth-order valence-corrected chi connectivity index (χ4v) is 2.28. The van der Waals surface area contributed by atoms with Gasteiger partial charge in [0.15, 0.2) is 0 Å². The molecule has 0 bridgehead atoms. The van der Waals surface area contributed by atoms with Gasteiger partial charge in [0.05, 0.1) is 11.1 Å². The predicted octanol–water partition coefficient (Wildman–Crippen LogP) is 4.49. The van der Waals surface area contributed by atoms with E-state index < -0.39 is 11.9 Å². The summed E-state index contributed by atoms with van der Waals surface area (Å²) in [6.07, 6.45) is 0. The average molecular weight is 377 g/mol. The second kappa shape index (κ2) is 10.5. The zero-order chi connectivity index (χ0) is 20.4. The van der Waals surface area contributed by atoms with Gasteiger partial charge in [-0.05, 0) is 42.0 Å². The van der Waals surface area contributed by atoms with Gasteiger partial charge in [0.25, 0.3) is 0 Å². The molecule has 0 aliphatic heterocycles. The van der Waals surface area contributed by atoms with E-state index in [2.05, 4.69) is 17.0 Å².